The standard InChI is InChI=1S/C25H20Cl2FNO3/c26-16-10-11-24(32-14-15-8-9-17(27)13-21(15)28)20(12-16)18-4-1-2-5-19(18)22-6-3-7-23(29-22)25(30)31/h3,6-13H,1-2,4-5,14H2,(H,30,31). The number of aromatic carboxylic acids is 1. The number of aromatic nitrogens is 1. The summed E-state index contributed by atoms with van der Waals surface area (Å²) in [5, 5.41) is 10.2. The molecule has 0 amide bonds. The van der Waals surface area contributed by atoms with Crippen molar-refractivity contribution < 1.29 is 19.0 Å². The van der Waals surface area contributed by atoms with Gasteiger partial charge in [0.25, 0.3) is 0 Å². The molecule has 2 aromatic carbocycles. The molecular formula is C25H20Cl2FNO3. The minimum Gasteiger partial charge on any atom is -0.488 e. The maximum atomic E-state index is 14.2. The number of carbonyl (C=O) groups is 1. The molecule has 32 heavy (non-hydrogen) atoms. The normalized spacial score (nSPS) is 13.8. The molecule has 0 unspecified atom stereocenters. The fraction of sp³-hybridized carbons (Fsp3) is 0.200. The van der Waals surface area contributed by atoms with Crippen molar-refractivity contribution in [2.45, 2.75) is 32.3 Å². The Kier molecular flexibility index (Phi) is 6.77. The van der Waals surface area contributed by atoms with Gasteiger partial charge in [-0.05, 0) is 79.3 Å². The number of carboxylic acid groups (broad SMARTS) is 1. The SMILES string of the molecule is O=C(O)c1cccc(C2=C(c3cc(Cl)ccc3OCc3ccc(Cl)cc3F)CCCC2)n1. The van der Waals surface area contributed by atoms with E-state index >= 15 is 0 Å². The zero-order chi connectivity index (χ0) is 22.7. The Bertz CT molecular complexity index is 1210. The highest BCUT2D eigenvalue weighted by molar-refractivity contribution is 6.31. The van der Waals surface area contributed by atoms with E-state index in [0.717, 1.165) is 42.4 Å². The van der Waals surface area contributed by atoms with E-state index in [4.69, 9.17) is 27.9 Å². The molecule has 0 fully saturated rings. The summed E-state index contributed by atoms with van der Waals surface area (Å²) in [6.45, 7) is 0.0347. The van der Waals surface area contributed by atoms with Crippen LogP contribution in [0.25, 0.3) is 11.1 Å². The van der Waals surface area contributed by atoms with Crippen LogP contribution in [0, 0.1) is 5.82 Å². The van der Waals surface area contributed by atoms with Gasteiger partial charge in [0.15, 0.2) is 0 Å². The molecule has 0 atom stereocenters. The molecule has 7 heteroatoms. The Balaban J connectivity index is 1.74. The van der Waals surface area contributed by atoms with Crippen LogP contribution in [0.5, 0.6) is 5.75 Å². The molecule has 3 aromatic rings. The Morgan fingerprint density at radius 3 is 2.47 bits per heavy atom. The van der Waals surface area contributed by atoms with Crippen molar-refractivity contribution >= 4 is 40.3 Å². The topological polar surface area (TPSA) is 59.4 Å². The number of hydrogen-bond acceptors (Lipinski definition) is 3. The van der Waals surface area contributed by atoms with Crippen molar-refractivity contribution in [1.82, 2.24) is 4.98 Å². The number of allylic oxidation sites excluding steroid dienone is 2. The predicted molar refractivity (Wildman–Crippen MR) is 124 cm³/mol. The lowest BCUT2D eigenvalue weighted by molar-refractivity contribution is 0.0690. The van der Waals surface area contributed by atoms with Gasteiger partial charge in [0.1, 0.15) is 23.9 Å². The summed E-state index contributed by atoms with van der Waals surface area (Å²) in [5.41, 5.74) is 3.83. The summed E-state index contributed by atoms with van der Waals surface area (Å²) >= 11 is 12.1. The minimum atomic E-state index is -1.07. The van der Waals surface area contributed by atoms with Crippen LogP contribution in [0.15, 0.2) is 54.6 Å². The summed E-state index contributed by atoms with van der Waals surface area (Å²) in [7, 11) is 0. The van der Waals surface area contributed by atoms with Crippen LogP contribution in [-0.4, -0.2) is 16.1 Å². The fourth-order valence-electron chi connectivity index (χ4n) is 3.87. The Hall–Kier alpha value is -2.89. The van der Waals surface area contributed by atoms with E-state index in [2.05, 4.69) is 4.98 Å². The molecule has 1 N–H and O–H groups in total. The lowest BCUT2D eigenvalue weighted by atomic mass is 9.85. The van der Waals surface area contributed by atoms with Gasteiger partial charge in [-0.15, -0.1) is 0 Å². The molecule has 0 saturated heterocycles. The zero-order valence-electron chi connectivity index (χ0n) is 17.1. The second-order valence-electron chi connectivity index (χ2n) is 7.54. The third-order valence-corrected chi connectivity index (χ3v) is 5.88. The maximum Gasteiger partial charge on any atom is 0.354 e. The third-order valence-electron chi connectivity index (χ3n) is 5.41. The molecule has 4 nitrogen and oxygen atoms in total. The second kappa shape index (κ2) is 9.72. The molecule has 0 spiro atoms. The lowest BCUT2D eigenvalue weighted by Crippen LogP contribution is -2.07. The van der Waals surface area contributed by atoms with E-state index in [1.54, 1.807) is 30.3 Å². The van der Waals surface area contributed by atoms with Crippen molar-refractivity contribution in [3.63, 3.8) is 0 Å². The summed E-state index contributed by atoms with van der Waals surface area (Å²) < 4.78 is 20.2. The molecule has 1 aromatic heterocycles. The second-order valence-corrected chi connectivity index (χ2v) is 8.42. The first-order valence-corrected chi connectivity index (χ1v) is 11.0. The average molecular weight is 472 g/mol. The number of nitrogens with zero attached hydrogens (tertiary/aromatic N) is 1. The summed E-state index contributed by atoms with van der Waals surface area (Å²) in [5.74, 6) is -0.922. The van der Waals surface area contributed by atoms with Crippen LogP contribution >= 0.6 is 23.2 Å². The summed E-state index contributed by atoms with van der Waals surface area (Å²) in [4.78, 5) is 15.7. The highest BCUT2D eigenvalue weighted by Crippen LogP contribution is 2.42. The first kappa shape index (κ1) is 22.3. The fourth-order valence-corrected chi connectivity index (χ4v) is 4.20. The number of rotatable bonds is 6. The quantitative estimate of drug-likeness (QED) is 0.409. The van der Waals surface area contributed by atoms with E-state index in [1.807, 2.05) is 12.1 Å². The average Bonchev–Trinajstić information content (AvgIpc) is 2.79. The molecule has 0 saturated carbocycles. The number of ether oxygens (including phenoxy) is 1. The highest BCUT2D eigenvalue weighted by atomic mass is 35.5. The van der Waals surface area contributed by atoms with Crippen LogP contribution < -0.4 is 4.74 Å². The molecule has 0 bridgehead atoms. The van der Waals surface area contributed by atoms with Crippen LogP contribution in [0.1, 0.15) is 53.0 Å². The van der Waals surface area contributed by atoms with E-state index < -0.39 is 11.8 Å². The number of carboxylic acids is 1. The van der Waals surface area contributed by atoms with Crippen molar-refractivity contribution in [1.29, 1.82) is 0 Å². The Morgan fingerprint density at radius 1 is 1.00 bits per heavy atom. The molecule has 4 rings (SSSR count). The number of benzene rings is 2. The van der Waals surface area contributed by atoms with E-state index in [0.29, 0.717) is 27.1 Å². The van der Waals surface area contributed by atoms with Crippen LogP contribution in [0.4, 0.5) is 4.39 Å². The summed E-state index contributed by atoms with van der Waals surface area (Å²) in [6.07, 6.45) is 3.50. The third kappa shape index (κ3) is 4.95. The lowest BCUT2D eigenvalue weighted by Gasteiger charge is -2.23. The number of hydrogen-bond donors (Lipinski definition) is 1. The van der Waals surface area contributed by atoms with Gasteiger partial charge in [-0.25, -0.2) is 14.2 Å². The summed E-state index contributed by atoms with van der Waals surface area (Å²) in [6, 6.07) is 14.8. The maximum absolute atomic E-state index is 14.2. The van der Waals surface area contributed by atoms with Crippen molar-refractivity contribution in [2.75, 3.05) is 0 Å². The first-order valence-electron chi connectivity index (χ1n) is 10.2. The van der Waals surface area contributed by atoms with Crippen LogP contribution in [-0.2, 0) is 6.61 Å². The van der Waals surface area contributed by atoms with E-state index in [-0.39, 0.29) is 12.3 Å². The largest absolute Gasteiger partial charge is 0.488 e. The predicted octanol–water partition coefficient (Wildman–Crippen LogP) is 7.29. The molecule has 0 aliphatic heterocycles. The van der Waals surface area contributed by atoms with Crippen molar-refractivity contribution in [3.05, 3.63) is 93.0 Å². The number of pyridine rings is 1. The molecule has 164 valence electrons. The molecule has 1 aliphatic rings. The smallest absolute Gasteiger partial charge is 0.354 e. The van der Waals surface area contributed by atoms with Crippen molar-refractivity contribution in [3.8, 4) is 5.75 Å². The molecule has 1 aliphatic carbocycles. The monoisotopic (exact) mass is 471 g/mol. The van der Waals surface area contributed by atoms with E-state index in [1.165, 1.54) is 12.1 Å². The van der Waals surface area contributed by atoms with Gasteiger partial charge in [-0.2, -0.15) is 0 Å². The van der Waals surface area contributed by atoms with Gasteiger partial charge < -0.3 is 9.84 Å². The van der Waals surface area contributed by atoms with Gasteiger partial charge >= 0.3 is 5.97 Å². The number of halogens is 3. The van der Waals surface area contributed by atoms with Crippen molar-refractivity contribution in [2.24, 2.45) is 0 Å². The molecule has 1 heterocycles. The van der Waals surface area contributed by atoms with Gasteiger partial charge in [-0.1, -0.05) is 35.3 Å². The van der Waals surface area contributed by atoms with Crippen LogP contribution in [0.3, 0.4) is 0 Å². The molecular weight excluding hydrogens is 452 g/mol. The van der Waals surface area contributed by atoms with Gasteiger partial charge in [0.2, 0.25) is 0 Å². The van der Waals surface area contributed by atoms with E-state index in [9.17, 15) is 14.3 Å². The van der Waals surface area contributed by atoms with Gasteiger partial charge in [0, 0.05) is 21.2 Å². The highest BCUT2D eigenvalue weighted by Gasteiger charge is 2.21. The first-order chi connectivity index (χ1) is 15.4. The van der Waals surface area contributed by atoms with Gasteiger partial charge in [-0.3, -0.25) is 0 Å². The zero-order valence-corrected chi connectivity index (χ0v) is 18.6. The van der Waals surface area contributed by atoms with Gasteiger partial charge in [0.05, 0.1) is 5.69 Å². The Labute approximate surface area is 195 Å². The molecule has 0 radical (unpaired) electrons. The van der Waals surface area contributed by atoms with Crippen LogP contribution in [0.2, 0.25) is 10.0 Å². The Morgan fingerprint density at radius 2 is 1.72 bits per heavy atom. The minimum absolute atomic E-state index is 0.000652.